The van der Waals surface area contributed by atoms with Crippen LogP contribution >= 0.6 is 0 Å². The first-order valence-electron chi connectivity index (χ1n) is 25.8. The molecule has 0 bridgehead atoms. The number of aliphatic hydroxyl groups is 2. The lowest BCUT2D eigenvalue weighted by Gasteiger charge is -2.29. The highest BCUT2D eigenvalue weighted by atomic mass is 16.6. The van der Waals surface area contributed by atoms with Crippen LogP contribution in [0.5, 0.6) is 0 Å². The number of carbonyl (C=O) groups is 9. The van der Waals surface area contributed by atoms with Gasteiger partial charge in [-0.15, -0.1) is 6.58 Å². The Balaban J connectivity index is 0.000000299. The standard InChI is InChI=1S/C30H30O7.C27H26O7.C6H8O7/c1-2-18-37-30(29(33)36-23-26-16-10-5-11-17-26,19-27(31)34-21-24-12-6-3-7-13-24)20-28(32)35-22-25-14-8-4-9-15-25;28-24(32-18-21-10-4-1-5-11-21)16-27(31,26(30)34-20-23-14-8-3-9-15-23)17-25(29)33-19-22-12-6-2-7-13-22;7-3(8)1-6(13,5(11)12)2-4(9)10/h2-17H,1,18-23H2;1-15,31H,16-20H2;13H,1-2H2,(H,7,8)(H,9,10)(H,11,12). The predicted molar refractivity (Wildman–Crippen MR) is 297 cm³/mol. The molecule has 0 saturated heterocycles. The van der Waals surface area contributed by atoms with Gasteiger partial charge in [0.1, 0.15) is 39.6 Å². The molecule has 21 heteroatoms. The summed E-state index contributed by atoms with van der Waals surface area (Å²) in [6, 6.07) is 54.1. The third-order valence-corrected chi connectivity index (χ3v) is 11.6. The largest absolute Gasteiger partial charge is 0.481 e. The Morgan fingerprint density at radius 3 is 0.845 bits per heavy atom. The molecular formula is C63H64O21. The first kappa shape index (κ1) is 66.7. The van der Waals surface area contributed by atoms with Crippen LogP contribution in [0.4, 0.5) is 0 Å². The quantitative estimate of drug-likeness (QED) is 0.0166. The number of rotatable bonds is 30. The van der Waals surface area contributed by atoms with Crippen molar-refractivity contribution in [3.63, 3.8) is 0 Å². The fraction of sp³-hybridized carbons (Fsp3) is 0.254. The van der Waals surface area contributed by atoms with Gasteiger partial charge in [-0.2, -0.15) is 0 Å². The number of carbonyl (C=O) groups excluding carboxylic acids is 6. The summed E-state index contributed by atoms with van der Waals surface area (Å²) in [6.07, 6.45) is -3.46. The summed E-state index contributed by atoms with van der Waals surface area (Å²) in [5.41, 5.74) is -2.65. The van der Waals surface area contributed by atoms with Crippen LogP contribution in [0.1, 0.15) is 71.9 Å². The summed E-state index contributed by atoms with van der Waals surface area (Å²) in [5.74, 6) is -10.1. The Hall–Kier alpha value is -9.83. The predicted octanol–water partition coefficient (Wildman–Crippen LogP) is 7.42. The van der Waals surface area contributed by atoms with E-state index in [1.165, 1.54) is 6.08 Å². The molecule has 0 amide bonds. The van der Waals surface area contributed by atoms with Gasteiger partial charge in [0.05, 0.1) is 45.1 Å². The van der Waals surface area contributed by atoms with E-state index < -0.39 is 109 Å². The lowest BCUT2D eigenvalue weighted by molar-refractivity contribution is -0.185. The maximum Gasteiger partial charge on any atom is 0.339 e. The van der Waals surface area contributed by atoms with Crippen LogP contribution < -0.4 is 0 Å². The van der Waals surface area contributed by atoms with E-state index in [2.05, 4.69) is 6.58 Å². The van der Waals surface area contributed by atoms with Crippen LogP contribution in [-0.2, 0) is 116 Å². The van der Waals surface area contributed by atoms with Crippen molar-refractivity contribution in [1.82, 2.24) is 0 Å². The van der Waals surface area contributed by atoms with Gasteiger partial charge in [-0.05, 0) is 33.4 Å². The summed E-state index contributed by atoms with van der Waals surface area (Å²) in [4.78, 5) is 107. The maximum absolute atomic E-state index is 13.4. The van der Waals surface area contributed by atoms with Gasteiger partial charge in [-0.25, -0.2) is 14.4 Å². The second kappa shape index (κ2) is 35.1. The van der Waals surface area contributed by atoms with Gasteiger partial charge in [0.15, 0.2) is 16.8 Å². The smallest absolute Gasteiger partial charge is 0.339 e. The maximum atomic E-state index is 13.4. The number of aliphatic carboxylic acids is 3. The Morgan fingerprint density at radius 2 is 0.595 bits per heavy atom. The van der Waals surface area contributed by atoms with Gasteiger partial charge in [0.25, 0.3) is 0 Å². The molecular weight excluding hydrogens is 1090 g/mol. The van der Waals surface area contributed by atoms with Gasteiger partial charge < -0.3 is 58.7 Å². The molecule has 6 aromatic rings. The molecule has 6 rings (SSSR count). The van der Waals surface area contributed by atoms with Gasteiger partial charge in [0, 0.05) is 0 Å². The molecule has 0 saturated carbocycles. The van der Waals surface area contributed by atoms with E-state index in [-0.39, 0.29) is 46.2 Å². The molecule has 21 nitrogen and oxygen atoms in total. The summed E-state index contributed by atoms with van der Waals surface area (Å²) >= 11 is 0. The van der Waals surface area contributed by atoms with E-state index in [1.54, 1.807) is 84.9 Å². The first-order valence-corrected chi connectivity index (χ1v) is 25.8. The highest BCUT2D eigenvalue weighted by Crippen LogP contribution is 2.27. The molecule has 0 unspecified atom stereocenters. The highest BCUT2D eigenvalue weighted by molar-refractivity contribution is 5.91. The number of benzene rings is 6. The summed E-state index contributed by atoms with van der Waals surface area (Å²) in [6.45, 7) is 3.28. The van der Waals surface area contributed by atoms with Crippen molar-refractivity contribution in [3.05, 3.63) is 228 Å². The molecule has 6 aromatic carbocycles. The van der Waals surface area contributed by atoms with E-state index >= 15 is 0 Å². The average Bonchev–Trinajstić information content (AvgIpc) is 3.22. The minimum absolute atomic E-state index is 0.00866. The van der Waals surface area contributed by atoms with E-state index in [0.717, 1.165) is 27.8 Å². The second-order valence-electron chi connectivity index (χ2n) is 18.5. The van der Waals surface area contributed by atoms with Gasteiger partial charge in [-0.1, -0.05) is 188 Å². The summed E-state index contributed by atoms with van der Waals surface area (Å²) in [5, 5.41) is 44.8. The Bertz CT molecular complexity index is 2920. The van der Waals surface area contributed by atoms with E-state index in [4.69, 9.17) is 53.6 Å². The fourth-order valence-electron chi connectivity index (χ4n) is 7.32. The molecule has 442 valence electrons. The molecule has 0 heterocycles. The lowest BCUT2D eigenvalue weighted by atomic mass is 9.95. The van der Waals surface area contributed by atoms with Crippen molar-refractivity contribution in [1.29, 1.82) is 0 Å². The molecule has 0 atom stereocenters. The van der Waals surface area contributed by atoms with Crippen molar-refractivity contribution in [2.45, 2.75) is 95.0 Å². The van der Waals surface area contributed by atoms with Crippen LogP contribution in [0.2, 0.25) is 0 Å². The highest BCUT2D eigenvalue weighted by Gasteiger charge is 2.47. The molecule has 0 radical (unpaired) electrons. The van der Waals surface area contributed by atoms with Crippen LogP contribution in [0.25, 0.3) is 0 Å². The second-order valence-corrected chi connectivity index (χ2v) is 18.5. The Morgan fingerprint density at radius 1 is 0.345 bits per heavy atom. The Labute approximate surface area is 483 Å². The number of hydrogen-bond acceptors (Lipinski definition) is 18. The third-order valence-electron chi connectivity index (χ3n) is 11.6. The Kier molecular flexibility index (Phi) is 27.9. The molecule has 5 N–H and O–H groups in total. The van der Waals surface area contributed by atoms with Crippen molar-refractivity contribution >= 4 is 53.7 Å². The van der Waals surface area contributed by atoms with Crippen molar-refractivity contribution in [3.8, 4) is 0 Å². The fourth-order valence-corrected chi connectivity index (χ4v) is 7.32. The number of ether oxygens (including phenoxy) is 7. The number of esters is 6. The third kappa shape index (κ3) is 24.9. The zero-order chi connectivity index (χ0) is 61.2. The lowest BCUT2D eigenvalue weighted by Crippen LogP contribution is -2.47. The number of hydrogen-bond donors (Lipinski definition) is 5. The average molecular weight is 1160 g/mol. The van der Waals surface area contributed by atoms with Gasteiger partial charge in [0.2, 0.25) is 0 Å². The van der Waals surface area contributed by atoms with E-state index in [9.17, 15) is 48.3 Å². The molecule has 84 heavy (non-hydrogen) atoms. The zero-order valence-electron chi connectivity index (χ0n) is 45.6. The molecule has 0 aliphatic heterocycles. The van der Waals surface area contributed by atoms with Crippen molar-refractivity contribution < 1.29 is 102 Å². The van der Waals surface area contributed by atoms with Crippen LogP contribution in [0.3, 0.4) is 0 Å². The number of carboxylic acid groups (broad SMARTS) is 3. The molecule has 0 aliphatic rings. The SMILES string of the molecule is C=CCOC(CC(=O)OCc1ccccc1)(CC(=O)OCc1ccccc1)C(=O)OCc1ccccc1.O=C(CC(O)(CC(=O)OCc1ccccc1)C(=O)OCc1ccccc1)OCc1ccccc1.O=C(O)CC(O)(CC(=O)O)C(=O)O. The van der Waals surface area contributed by atoms with Crippen molar-refractivity contribution in [2.75, 3.05) is 6.61 Å². The normalized spacial score (nSPS) is 10.8. The topological polar surface area (TPSA) is 319 Å². The molecule has 0 fully saturated rings. The summed E-state index contributed by atoms with van der Waals surface area (Å²) in [7, 11) is 0. The first-order chi connectivity index (χ1) is 40.2. The minimum Gasteiger partial charge on any atom is -0.481 e. The molecule has 0 spiro atoms. The number of carboxylic acids is 3. The van der Waals surface area contributed by atoms with Gasteiger partial charge >= 0.3 is 53.7 Å². The van der Waals surface area contributed by atoms with Crippen molar-refractivity contribution in [2.24, 2.45) is 0 Å². The van der Waals surface area contributed by atoms with Gasteiger partial charge in [-0.3, -0.25) is 28.8 Å². The zero-order valence-corrected chi connectivity index (χ0v) is 45.6. The molecule has 0 aliphatic carbocycles. The van der Waals surface area contributed by atoms with Crippen LogP contribution in [0, 0.1) is 0 Å². The monoisotopic (exact) mass is 1160 g/mol. The van der Waals surface area contributed by atoms with E-state index in [0.29, 0.717) is 5.56 Å². The van der Waals surface area contributed by atoms with Crippen LogP contribution in [0.15, 0.2) is 195 Å². The molecule has 0 aromatic heterocycles. The summed E-state index contributed by atoms with van der Waals surface area (Å²) < 4.78 is 37.6. The van der Waals surface area contributed by atoms with Crippen LogP contribution in [-0.4, -0.2) is 103 Å². The van der Waals surface area contributed by atoms with E-state index in [1.807, 2.05) is 97.1 Å². The minimum atomic E-state index is -2.74.